The summed E-state index contributed by atoms with van der Waals surface area (Å²) in [6.07, 6.45) is 2.10. The van der Waals surface area contributed by atoms with Crippen molar-refractivity contribution in [2.75, 3.05) is 26.9 Å². The quantitative estimate of drug-likeness (QED) is 0.288. The zero-order chi connectivity index (χ0) is 25.9. The lowest BCUT2D eigenvalue weighted by Crippen LogP contribution is -2.66. The molecule has 1 aromatic heterocycles. The number of hydroxylamine groups is 1. The van der Waals surface area contributed by atoms with E-state index in [9.17, 15) is 27.6 Å². The number of rotatable bonds is 8. The Morgan fingerprint density at radius 2 is 1.92 bits per heavy atom. The molecule has 4 rings (SSSR count). The first kappa shape index (κ1) is 25.7. The first-order chi connectivity index (χ1) is 17.3. The van der Waals surface area contributed by atoms with Crippen molar-refractivity contribution >= 4 is 22.0 Å². The minimum absolute atomic E-state index is 0.00786. The van der Waals surface area contributed by atoms with Crippen molar-refractivity contribution in [3.63, 3.8) is 0 Å². The van der Waals surface area contributed by atoms with E-state index in [0.29, 0.717) is 12.8 Å². The molecule has 2 N–H and O–H groups in total. The van der Waals surface area contributed by atoms with Crippen LogP contribution in [0.5, 0.6) is 11.6 Å². The molecular weight excluding hydrogens is 501 g/mol. The molecule has 0 saturated carbocycles. The number of methoxy groups -OCH3 is 1. The molecule has 3 heterocycles. The monoisotopic (exact) mass is 525 g/mol. The normalized spacial score (nSPS) is 21.8. The van der Waals surface area contributed by atoms with Crippen molar-refractivity contribution in [2.24, 2.45) is 0 Å². The third-order valence-electron chi connectivity index (χ3n) is 5.93. The molecule has 2 aliphatic heterocycles. The first-order valence-corrected chi connectivity index (χ1v) is 12.4. The highest BCUT2D eigenvalue weighted by molar-refractivity contribution is 7.89. The molecule has 1 aromatic carbocycles. The number of carbonyl (C=O) groups excluding carboxylic acids is 2. The van der Waals surface area contributed by atoms with Crippen molar-refractivity contribution < 1.29 is 41.8 Å². The fraction of sp³-hybridized carbons (Fsp3) is 0.429. The molecule has 2 aliphatic rings. The van der Waals surface area contributed by atoms with Crippen LogP contribution in [0, 0.1) is 5.82 Å². The van der Waals surface area contributed by atoms with E-state index in [1.54, 1.807) is 0 Å². The molecule has 2 fully saturated rings. The summed E-state index contributed by atoms with van der Waals surface area (Å²) in [5.41, 5.74) is 1.50. The number of aromatic nitrogens is 2. The van der Waals surface area contributed by atoms with Gasteiger partial charge in [0, 0.05) is 19.7 Å². The number of sulfonamides is 1. The Bertz CT molecular complexity index is 1200. The highest BCUT2D eigenvalue weighted by Crippen LogP contribution is 2.37. The molecule has 194 valence electrons. The zero-order valence-corrected chi connectivity index (χ0v) is 19.9. The van der Waals surface area contributed by atoms with E-state index in [2.05, 4.69) is 9.97 Å². The van der Waals surface area contributed by atoms with Crippen molar-refractivity contribution in [1.29, 1.82) is 0 Å². The molecule has 0 radical (unpaired) electrons. The highest BCUT2D eigenvalue weighted by Gasteiger charge is 2.55. The molecule has 15 heteroatoms. The van der Waals surface area contributed by atoms with Gasteiger partial charge in [-0.25, -0.2) is 33.1 Å². The average molecular weight is 526 g/mol. The first-order valence-electron chi connectivity index (χ1n) is 10.9. The van der Waals surface area contributed by atoms with E-state index in [-0.39, 0.29) is 31.4 Å². The molecule has 13 nitrogen and oxygen atoms in total. The number of piperazine rings is 1. The summed E-state index contributed by atoms with van der Waals surface area (Å²) in [5, 5.41) is 8.86. The zero-order valence-electron chi connectivity index (χ0n) is 19.1. The van der Waals surface area contributed by atoms with E-state index in [1.165, 1.54) is 41.8 Å². The Hall–Kier alpha value is -3.40. The number of halogens is 1. The number of fused-ring (bicyclic) bond motifs is 2. The van der Waals surface area contributed by atoms with Crippen LogP contribution in [-0.2, 0) is 24.3 Å². The van der Waals surface area contributed by atoms with Crippen molar-refractivity contribution in [3.05, 3.63) is 42.5 Å². The van der Waals surface area contributed by atoms with Gasteiger partial charge in [0.1, 0.15) is 24.2 Å². The number of nitrogens with zero attached hydrogens (tertiary/aromatic N) is 4. The van der Waals surface area contributed by atoms with Crippen LogP contribution in [0.3, 0.4) is 0 Å². The van der Waals surface area contributed by atoms with Gasteiger partial charge in [0.25, 0.3) is 15.9 Å². The minimum atomic E-state index is -4.37. The standard InChI is InChI=1S/C21H24FN5O8S/c1-33-8-9-34-21(29)27-14-4-7-16(27)19(20(28)25-30)26(12-14)36(31,32)18-11-23-17(10-24-18)35-15-5-2-13(22)3-6-15/h2-3,5-6,10-11,14,16,19,30H,4,7-9,12H2,1H3,(H,25,28)/t14-,16+,19-/m1/s1. The largest absolute Gasteiger partial charge is 0.447 e. The fourth-order valence-corrected chi connectivity index (χ4v) is 5.85. The third-order valence-corrected chi connectivity index (χ3v) is 7.66. The van der Waals surface area contributed by atoms with E-state index >= 15 is 0 Å². The Balaban J connectivity index is 1.56. The molecular formula is C21H24FN5O8S. The third kappa shape index (κ3) is 5.09. The lowest BCUT2D eigenvalue weighted by molar-refractivity contribution is -0.136. The van der Waals surface area contributed by atoms with Gasteiger partial charge in [-0.3, -0.25) is 14.9 Å². The number of ether oxygens (including phenoxy) is 3. The Kier molecular flexibility index (Phi) is 7.63. The van der Waals surface area contributed by atoms with Gasteiger partial charge in [-0.2, -0.15) is 4.31 Å². The number of hydrogen-bond acceptors (Lipinski definition) is 10. The Morgan fingerprint density at radius 3 is 2.56 bits per heavy atom. The van der Waals surface area contributed by atoms with E-state index in [1.807, 2.05) is 0 Å². The summed E-state index contributed by atoms with van der Waals surface area (Å²) >= 11 is 0. The maximum atomic E-state index is 13.5. The number of amides is 2. The van der Waals surface area contributed by atoms with Crippen molar-refractivity contribution in [3.8, 4) is 11.6 Å². The van der Waals surface area contributed by atoms with Gasteiger partial charge in [0.15, 0.2) is 5.03 Å². The second-order valence-electron chi connectivity index (χ2n) is 8.06. The summed E-state index contributed by atoms with van der Waals surface area (Å²) in [4.78, 5) is 34.5. The van der Waals surface area contributed by atoms with Gasteiger partial charge in [-0.15, -0.1) is 0 Å². The fourth-order valence-electron chi connectivity index (χ4n) is 4.34. The van der Waals surface area contributed by atoms with Crippen LogP contribution in [0.1, 0.15) is 12.8 Å². The van der Waals surface area contributed by atoms with Crippen LogP contribution < -0.4 is 10.2 Å². The topological polar surface area (TPSA) is 160 Å². The van der Waals surface area contributed by atoms with Gasteiger partial charge in [-0.05, 0) is 37.1 Å². The predicted molar refractivity (Wildman–Crippen MR) is 118 cm³/mol. The van der Waals surface area contributed by atoms with Crippen molar-refractivity contribution in [2.45, 2.75) is 36.0 Å². The van der Waals surface area contributed by atoms with Gasteiger partial charge in [0.05, 0.1) is 25.0 Å². The molecule has 2 bridgehead atoms. The Labute approximate surface area is 205 Å². The number of benzene rings is 1. The number of hydrogen-bond donors (Lipinski definition) is 2. The summed E-state index contributed by atoms with van der Waals surface area (Å²) in [6, 6.07) is 2.28. The van der Waals surface area contributed by atoms with Crippen molar-refractivity contribution in [1.82, 2.24) is 24.7 Å². The highest BCUT2D eigenvalue weighted by atomic mass is 32.2. The van der Waals surface area contributed by atoms with E-state index < -0.39 is 51.0 Å². The molecule has 2 aromatic rings. The summed E-state index contributed by atoms with van der Waals surface area (Å²) < 4.78 is 56.4. The van der Waals surface area contributed by atoms with Crippen LogP contribution in [0.2, 0.25) is 0 Å². The molecule has 2 amide bonds. The molecule has 0 unspecified atom stereocenters. The lowest BCUT2D eigenvalue weighted by atomic mass is 10.1. The molecule has 0 aliphatic carbocycles. The number of nitrogens with one attached hydrogen (secondary N) is 1. The molecule has 0 spiro atoms. The maximum absolute atomic E-state index is 13.5. The molecule has 3 atom stereocenters. The maximum Gasteiger partial charge on any atom is 0.410 e. The smallest absolute Gasteiger partial charge is 0.410 e. The SMILES string of the molecule is COCCOC(=O)N1[C@@H]2CC[C@H]1[C@H](C(=O)NO)N(S(=O)(=O)c1cnc(Oc3ccc(F)cc3)cn1)C2. The second kappa shape index (κ2) is 10.7. The van der Waals surface area contributed by atoms with Crippen LogP contribution >= 0.6 is 0 Å². The van der Waals surface area contributed by atoms with Crippen LogP contribution in [0.25, 0.3) is 0 Å². The second-order valence-corrected chi connectivity index (χ2v) is 9.89. The number of carbonyl (C=O) groups is 2. The molecule has 2 saturated heterocycles. The molecule has 36 heavy (non-hydrogen) atoms. The lowest BCUT2D eigenvalue weighted by Gasteiger charge is -2.43. The van der Waals surface area contributed by atoms with E-state index in [0.717, 1.165) is 16.7 Å². The Morgan fingerprint density at radius 1 is 1.17 bits per heavy atom. The van der Waals surface area contributed by atoms with Gasteiger partial charge < -0.3 is 14.2 Å². The van der Waals surface area contributed by atoms with Crippen LogP contribution in [0.15, 0.2) is 41.7 Å². The average Bonchev–Trinajstić information content (AvgIpc) is 3.18. The minimum Gasteiger partial charge on any atom is -0.447 e. The van der Waals surface area contributed by atoms with Crippen LogP contribution in [-0.4, -0.2) is 89.8 Å². The van der Waals surface area contributed by atoms with Gasteiger partial charge in [-0.1, -0.05) is 0 Å². The van der Waals surface area contributed by atoms with Gasteiger partial charge in [0.2, 0.25) is 5.88 Å². The van der Waals surface area contributed by atoms with Crippen LogP contribution in [0.4, 0.5) is 9.18 Å². The summed E-state index contributed by atoms with van der Waals surface area (Å²) in [7, 11) is -2.92. The summed E-state index contributed by atoms with van der Waals surface area (Å²) in [6.45, 7) is -0.0482. The van der Waals surface area contributed by atoms with E-state index in [4.69, 9.17) is 14.2 Å². The van der Waals surface area contributed by atoms with Gasteiger partial charge >= 0.3 is 6.09 Å². The summed E-state index contributed by atoms with van der Waals surface area (Å²) in [5.74, 6) is -1.21. The predicted octanol–water partition coefficient (Wildman–Crippen LogP) is 0.902.